The van der Waals surface area contributed by atoms with E-state index in [2.05, 4.69) is 68.3 Å². The molecule has 0 saturated heterocycles. The Morgan fingerprint density at radius 1 is 1.20 bits per heavy atom. The van der Waals surface area contributed by atoms with Gasteiger partial charge in [0, 0.05) is 17.6 Å². The predicted molar refractivity (Wildman–Crippen MR) is 87.2 cm³/mol. The van der Waals surface area contributed by atoms with Crippen LogP contribution >= 0.6 is 11.3 Å². The summed E-state index contributed by atoms with van der Waals surface area (Å²) in [6.45, 7) is 9.07. The second kappa shape index (κ2) is 6.51. The van der Waals surface area contributed by atoms with Crippen molar-refractivity contribution >= 4 is 11.3 Å². The molecule has 2 rings (SSSR count). The van der Waals surface area contributed by atoms with Gasteiger partial charge >= 0.3 is 0 Å². The second-order valence-corrected chi connectivity index (χ2v) is 7.04. The molecule has 0 aliphatic heterocycles. The Hall–Kier alpha value is -1.19. The molecule has 108 valence electrons. The molecule has 2 atom stereocenters. The van der Waals surface area contributed by atoms with Gasteiger partial charge in [0.2, 0.25) is 0 Å². The topological polar surface area (TPSA) is 24.9 Å². The van der Waals surface area contributed by atoms with Crippen molar-refractivity contribution in [2.24, 2.45) is 0 Å². The lowest BCUT2D eigenvalue weighted by Gasteiger charge is -2.30. The van der Waals surface area contributed by atoms with Crippen molar-refractivity contribution in [2.45, 2.75) is 51.6 Å². The van der Waals surface area contributed by atoms with Gasteiger partial charge in [0.15, 0.2) is 0 Å². The zero-order valence-corrected chi connectivity index (χ0v) is 13.6. The van der Waals surface area contributed by atoms with E-state index in [1.165, 1.54) is 5.56 Å². The van der Waals surface area contributed by atoms with Gasteiger partial charge in [-0.05, 0) is 31.2 Å². The quantitative estimate of drug-likeness (QED) is 0.843. The summed E-state index contributed by atoms with van der Waals surface area (Å²) in [5, 5.41) is 6.85. The average molecular weight is 288 g/mol. The maximum Gasteiger partial charge on any atom is 0.109 e. The molecule has 20 heavy (non-hydrogen) atoms. The van der Waals surface area contributed by atoms with Crippen LogP contribution in [0.2, 0.25) is 0 Å². The Morgan fingerprint density at radius 2 is 1.90 bits per heavy atom. The number of rotatable bonds is 6. The first kappa shape index (κ1) is 15.2. The Kier molecular flexibility index (Phi) is 4.95. The minimum Gasteiger partial charge on any atom is -0.306 e. The predicted octanol–water partition coefficient (Wildman–Crippen LogP) is 4.55. The molecule has 2 unspecified atom stereocenters. The van der Waals surface area contributed by atoms with Crippen LogP contribution in [0.3, 0.4) is 0 Å². The lowest BCUT2D eigenvalue weighted by Crippen LogP contribution is -2.34. The number of aromatic nitrogens is 1. The Bertz CT molecular complexity index is 505. The molecule has 1 aromatic heterocycles. The van der Waals surface area contributed by atoms with Crippen molar-refractivity contribution in [3.63, 3.8) is 0 Å². The molecule has 1 N–H and O–H groups in total. The van der Waals surface area contributed by atoms with Crippen molar-refractivity contribution in [1.82, 2.24) is 10.3 Å². The smallest absolute Gasteiger partial charge is 0.109 e. The molecule has 0 aliphatic carbocycles. The van der Waals surface area contributed by atoms with Gasteiger partial charge in [-0.1, -0.05) is 44.2 Å². The van der Waals surface area contributed by atoms with Crippen molar-refractivity contribution in [3.8, 4) is 0 Å². The van der Waals surface area contributed by atoms with Crippen LogP contribution in [-0.4, -0.2) is 11.0 Å². The van der Waals surface area contributed by atoms with E-state index in [1.807, 2.05) is 11.6 Å². The van der Waals surface area contributed by atoms with Gasteiger partial charge in [-0.2, -0.15) is 0 Å². The molecule has 1 aromatic carbocycles. The Balaban J connectivity index is 1.95. The summed E-state index contributed by atoms with van der Waals surface area (Å²) in [6.07, 6.45) is 2.98. The van der Waals surface area contributed by atoms with Gasteiger partial charge in [-0.3, -0.25) is 0 Å². The molecular formula is C17H24N2S. The second-order valence-electron chi connectivity index (χ2n) is 6.11. The number of thiazole rings is 1. The fourth-order valence-corrected chi connectivity index (χ4v) is 3.43. The van der Waals surface area contributed by atoms with Gasteiger partial charge in [0.05, 0.1) is 6.04 Å². The Morgan fingerprint density at radius 3 is 2.50 bits per heavy atom. The van der Waals surface area contributed by atoms with E-state index in [4.69, 9.17) is 0 Å². The first-order valence-electron chi connectivity index (χ1n) is 7.20. The lowest BCUT2D eigenvalue weighted by molar-refractivity contribution is 0.366. The fourth-order valence-electron chi connectivity index (χ4n) is 2.78. The first-order valence-corrected chi connectivity index (χ1v) is 8.08. The van der Waals surface area contributed by atoms with Gasteiger partial charge in [0.25, 0.3) is 0 Å². The van der Waals surface area contributed by atoms with E-state index >= 15 is 0 Å². The maximum atomic E-state index is 4.38. The molecule has 0 amide bonds. The highest BCUT2D eigenvalue weighted by molar-refractivity contribution is 7.09. The van der Waals surface area contributed by atoms with Crippen LogP contribution in [-0.2, 0) is 5.41 Å². The lowest BCUT2D eigenvalue weighted by atomic mass is 9.79. The standard InChI is InChI=1S/C17H24N2S/c1-13(19-14(2)16-18-10-11-20-16)12-17(3,4)15-8-6-5-7-9-15/h5-11,13-14,19H,12H2,1-4H3. The molecule has 0 fully saturated rings. The zero-order chi connectivity index (χ0) is 14.6. The molecule has 0 aliphatic rings. The van der Waals surface area contributed by atoms with Gasteiger partial charge in [0.1, 0.15) is 5.01 Å². The summed E-state index contributed by atoms with van der Waals surface area (Å²) >= 11 is 1.71. The van der Waals surface area contributed by atoms with E-state index in [0.717, 1.165) is 11.4 Å². The molecule has 0 spiro atoms. The normalized spacial score (nSPS) is 15.0. The van der Waals surface area contributed by atoms with Crippen LogP contribution in [0, 0.1) is 0 Å². The summed E-state index contributed by atoms with van der Waals surface area (Å²) in [7, 11) is 0. The van der Waals surface area contributed by atoms with E-state index in [9.17, 15) is 0 Å². The minimum atomic E-state index is 0.177. The third-order valence-corrected chi connectivity index (χ3v) is 4.69. The largest absolute Gasteiger partial charge is 0.306 e. The molecule has 2 nitrogen and oxygen atoms in total. The number of nitrogens with zero attached hydrogens (tertiary/aromatic N) is 1. The summed E-state index contributed by atoms with van der Waals surface area (Å²) < 4.78 is 0. The number of nitrogens with one attached hydrogen (secondary N) is 1. The SMILES string of the molecule is CC(CC(C)(C)c1ccccc1)NC(C)c1nccs1. The molecule has 0 bridgehead atoms. The van der Waals surface area contributed by atoms with Crippen LogP contribution in [0.4, 0.5) is 0 Å². The van der Waals surface area contributed by atoms with Crippen molar-refractivity contribution in [3.05, 3.63) is 52.5 Å². The highest BCUT2D eigenvalue weighted by atomic mass is 32.1. The Labute approximate surface area is 126 Å². The molecule has 3 heteroatoms. The molecule has 2 aromatic rings. The molecule has 1 heterocycles. The van der Waals surface area contributed by atoms with Crippen molar-refractivity contribution in [2.75, 3.05) is 0 Å². The van der Waals surface area contributed by atoms with Crippen molar-refractivity contribution < 1.29 is 0 Å². The van der Waals surface area contributed by atoms with Gasteiger partial charge in [-0.15, -0.1) is 11.3 Å². The van der Waals surface area contributed by atoms with Crippen LogP contribution in [0.1, 0.15) is 50.7 Å². The molecule has 0 radical (unpaired) electrons. The highest BCUT2D eigenvalue weighted by Gasteiger charge is 2.24. The molecular weight excluding hydrogens is 264 g/mol. The first-order chi connectivity index (χ1) is 9.49. The third kappa shape index (κ3) is 3.90. The minimum absolute atomic E-state index is 0.177. The number of hydrogen-bond donors (Lipinski definition) is 1. The van der Waals surface area contributed by atoms with E-state index in [0.29, 0.717) is 12.1 Å². The monoisotopic (exact) mass is 288 g/mol. The van der Waals surface area contributed by atoms with E-state index in [-0.39, 0.29) is 5.41 Å². The highest BCUT2D eigenvalue weighted by Crippen LogP contribution is 2.29. The van der Waals surface area contributed by atoms with Crippen molar-refractivity contribution in [1.29, 1.82) is 0 Å². The van der Waals surface area contributed by atoms with E-state index in [1.54, 1.807) is 11.3 Å². The summed E-state index contributed by atoms with van der Waals surface area (Å²) in [6, 6.07) is 11.5. The van der Waals surface area contributed by atoms with E-state index < -0.39 is 0 Å². The third-order valence-electron chi connectivity index (χ3n) is 3.73. The zero-order valence-electron chi connectivity index (χ0n) is 12.8. The summed E-state index contributed by atoms with van der Waals surface area (Å²) in [4.78, 5) is 4.38. The number of benzene rings is 1. The summed E-state index contributed by atoms with van der Waals surface area (Å²) in [5.74, 6) is 0. The fraction of sp³-hybridized carbons (Fsp3) is 0.471. The van der Waals surface area contributed by atoms with Gasteiger partial charge in [-0.25, -0.2) is 4.98 Å². The van der Waals surface area contributed by atoms with Crippen LogP contribution in [0.5, 0.6) is 0 Å². The van der Waals surface area contributed by atoms with Crippen LogP contribution < -0.4 is 5.32 Å². The van der Waals surface area contributed by atoms with Gasteiger partial charge < -0.3 is 5.32 Å². The van der Waals surface area contributed by atoms with Crippen LogP contribution in [0.25, 0.3) is 0 Å². The molecule has 0 saturated carbocycles. The average Bonchev–Trinajstić information content (AvgIpc) is 2.93. The number of hydrogen-bond acceptors (Lipinski definition) is 3. The maximum absolute atomic E-state index is 4.38. The van der Waals surface area contributed by atoms with Crippen LogP contribution in [0.15, 0.2) is 41.9 Å². The summed E-state index contributed by atoms with van der Waals surface area (Å²) in [5.41, 5.74) is 1.58.